The summed E-state index contributed by atoms with van der Waals surface area (Å²) in [4.78, 5) is 22.4. The Morgan fingerprint density at radius 3 is 2.50 bits per heavy atom. The summed E-state index contributed by atoms with van der Waals surface area (Å²) < 4.78 is 12.4. The first-order valence-electron chi connectivity index (χ1n) is 10.7. The SMILES string of the molecule is CN(C)CCCN(C(=O)c1ccc2ccccc2c1)c1nc2cc3c(cc2s1)OCCO3. The topological polar surface area (TPSA) is 54.9 Å². The van der Waals surface area contributed by atoms with Gasteiger partial charge in [-0.15, -0.1) is 0 Å². The lowest BCUT2D eigenvalue weighted by atomic mass is 10.1. The van der Waals surface area contributed by atoms with E-state index in [1.54, 1.807) is 4.90 Å². The Morgan fingerprint density at radius 1 is 0.969 bits per heavy atom. The second kappa shape index (κ2) is 8.76. The lowest BCUT2D eigenvalue weighted by molar-refractivity contribution is 0.0986. The number of benzene rings is 3. The molecule has 1 amide bonds. The maximum atomic E-state index is 13.6. The van der Waals surface area contributed by atoms with Crippen LogP contribution in [0.2, 0.25) is 0 Å². The minimum absolute atomic E-state index is 0.0363. The van der Waals surface area contributed by atoms with Gasteiger partial charge in [0.25, 0.3) is 5.91 Å². The van der Waals surface area contributed by atoms with Crippen molar-refractivity contribution in [3.63, 3.8) is 0 Å². The molecule has 0 bridgehead atoms. The Balaban J connectivity index is 1.51. The lowest BCUT2D eigenvalue weighted by Crippen LogP contribution is -2.33. The number of ether oxygens (including phenoxy) is 2. The fourth-order valence-electron chi connectivity index (χ4n) is 3.88. The Kier molecular flexibility index (Phi) is 5.68. The largest absolute Gasteiger partial charge is 0.486 e. The second-order valence-corrected chi connectivity index (χ2v) is 9.14. The van der Waals surface area contributed by atoms with E-state index >= 15 is 0 Å². The van der Waals surface area contributed by atoms with Gasteiger partial charge in [0, 0.05) is 24.2 Å². The molecule has 0 atom stereocenters. The zero-order valence-electron chi connectivity index (χ0n) is 18.2. The van der Waals surface area contributed by atoms with Crippen molar-refractivity contribution in [1.29, 1.82) is 0 Å². The quantitative estimate of drug-likeness (QED) is 0.424. The Bertz CT molecular complexity index is 1240. The number of fused-ring (bicyclic) bond motifs is 3. The van der Waals surface area contributed by atoms with Crippen molar-refractivity contribution in [1.82, 2.24) is 9.88 Å². The van der Waals surface area contributed by atoms with Crippen LogP contribution in [-0.2, 0) is 0 Å². The van der Waals surface area contributed by atoms with Crippen LogP contribution in [0.1, 0.15) is 16.8 Å². The van der Waals surface area contributed by atoms with E-state index in [4.69, 9.17) is 14.5 Å². The normalized spacial score (nSPS) is 13.1. The maximum absolute atomic E-state index is 13.6. The van der Waals surface area contributed by atoms with E-state index in [2.05, 4.69) is 11.0 Å². The lowest BCUT2D eigenvalue weighted by Gasteiger charge is -2.21. The Labute approximate surface area is 191 Å². The predicted octanol–water partition coefficient (Wildman–Crippen LogP) is 4.82. The summed E-state index contributed by atoms with van der Waals surface area (Å²) >= 11 is 1.51. The van der Waals surface area contributed by atoms with Gasteiger partial charge in [-0.1, -0.05) is 41.7 Å². The van der Waals surface area contributed by atoms with Crippen LogP contribution < -0.4 is 14.4 Å². The number of aromatic nitrogens is 1. The van der Waals surface area contributed by atoms with Gasteiger partial charge in [0.1, 0.15) is 13.2 Å². The third-order valence-corrected chi connectivity index (χ3v) is 6.54. The standard InChI is InChI=1S/C25H25N3O3S/c1-27(2)10-5-11-28(24(29)19-9-8-17-6-3-4-7-18(17)14-19)25-26-20-15-21-22(16-23(20)32-25)31-13-12-30-21/h3-4,6-9,14-16H,5,10-13H2,1-2H3. The van der Waals surface area contributed by atoms with Gasteiger partial charge in [-0.2, -0.15) is 0 Å². The van der Waals surface area contributed by atoms with E-state index in [0.29, 0.717) is 36.2 Å². The molecule has 0 aliphatic carbocycles. The molecule has 0 radical (unpaired) electrons. The third-order valence-electron chi connectivity index (χ3n) is 5.50. The molecule has 164 valence electrons. The second-order valence-electron chi connectivity index (χ2n) is 8.14. The van der Waals surface area contributed by atoms with Crippen LogP contribution in [0, 0.1) is 0 Å². The zero-order chi connectivity index (χ0) is 22.1. The Morgan fingerprint density at radius 2 is 1.72 bits per heavy atom. The molecule has 4 aromatic rings. The molecular weight excluding hydrogens is 422 g/mol. The molecule has 0 fully saturated rings. The van der Waals surface area contributed by atoms with Crippen molar-refractivity contribution in [2.75, 3.05) is 45.3 Å². The third kappa shape index (κ3) is 4.13. The molecule has 0 saturated heterocycles. The highest BCUT2D eigenvalue weighted by Gasteiger charge is 2.23. The van der Waals surface area contributed by atoms with Crippen LogP contribution in [-0.4, -0.2) is 56.2 Å². The first-order valence-corrected chi connectivity index (χ1v) is 11.6. The van der Waals surface area contributed by atoms with Gasteiger partial charge in [0.05, 0.1) is 10.2 Å². The minimum atomic E-state index is -0.0363. The van der Waals surface area contributed by atoms with Gasteiger partial charge in [0.15, 0.2) is 16.6 Å². The number of thiazole rings is 1. The van der Waals surface area contributed by atoms with E-state index in [-0.39, 0.29) is 5.91 Å². The van der Waals surface area contributed by atoms with Gasteiger partial charge >= 0.3 is 0 Å². The summed E-state index contributed by atoms with van der Waals surface area (Å²) in [6.45, 7) is 2.56. The van der Waals surface area contributed by atoms with E-state index in [1.165, 1.54) is 11.3 Å². The summed E-state index contributed by atoms with van der Waals surface area (Å²) in [6.07, 6.45) is 0.852. The molecule has 6 nitrogen and oxygen atoms in total. The number of anilines is 1. The zero-order valence-corrected chi connectivity index (χ0v) is 19.0. The maximum Gasteiger partial charge on any atom is 0.260 e. The number of amides is 1. The molecule has 32 heavy (non-hydrogen) atoms. The van der Waals surface area contributed by atoms with Gasteiger partial charge in [-0.3, -0.25) is 9.69 Å². The van der Waals surface area contributed by atoms with Gasteiger partial charge in [-0.05, 0) is 50.0 Å². The van der Waals surface area contributed by atoms with E-state index in [0.717, 1.165) is 39.7 Å². The van der Waals surface area contributed by atoms with Crippen LogP contribution in [0.5, 0.6) is 11.5 Å². The van der Waals surface area contributed by atoms with E-state index in [9.17, 15) is 4.79 Å². The molecule has 0 unspecified atom stereocenters. The van der Waals surface area contributed by atoms with Crippen molar-refractivity contribution in [3.05, 3.63) is 60.2 Å². The molecule has 1 aliphatic heterocycles. The van der Waals surface area contributed by atoms with Gasteiger partial charge < -0.3 is 14.4 Å². The number of carbonyl (C=O) groups excluding carboxylic acids is 1. The summed E-state index contributed by atoms with van der Waals surface area (Å²) in [7, 11) is 4.08. The molecule has 2 heterocycles. The first-order chi connectivity index (χ1) is 15.6. The molecule has 1 aliphatic rings. The van der Waals surface area contributed by atoms with Crippen LogP contribution >= 0.6 is 11.3 Å². The molecule has 1 aromatic heterocycles. The summed E-state index contributed by atoms with van der Waals surface area (Å²) in [5.74, 6) is 1.41. The number of rotatable bonds is 6. The number of hydrogen-bond acceptors (Lipinski definition) is 6. The summed E-state index contributed by atoms with van der Waals surface area (Å²) in [5.41, 5.74) is 1.48. The van der Waals surface area contributed by atoms with E-state index in [1.807, 2.05) is 62.6 Å². The fraction of sp³-hybridized carbons (Fsp3) is 0.280. The van der Waals surface area contributed by atoms with Crippen molar-refractivity contribution >= 4 is 43.4 Å². The number of hydrogen-bond donors (Lipinski definition) is 0. The van der Waals surface area contributed by atoms with Crippen LogP contribution in [0.4, 0.5) is 5.13 Å². The average molecular weight is 448 g/mol. The highest BCUT2D eigenvalue weighted by Crippen LogP contribution is 2.39. The molecule has 3 aromatic carbocycles. The molecule has 0 spiro atoms. The molecular formula is C25H25N3O3S. The highest BCUT2D eigenvalue weighted by atomic mass is 32.1. The van der Waals surface area contributed by atoms with Gasteiger partial charge in [-0.25, -0.2) is 4.98 Å². The van der Waals surface area contributed by atoms with Crippen molar-refractivity contribution in [3.8, 4) is 11.5 Å². The fourth-order valence-corrected chi connectivity index (χ4v) is 4.88. The van der Waals surface area contributed by atoms with Crippen LogP contribution in [0.15, 0.2) is 54.6 Å². The average Bonchev–Trinajstić information content (AvgIpc) is 3.21. The summed E-state index contributed by atoms with van der Waals surface area (Å²) in [6, 6.07) is 17.8. The smallest absolute Gasteiger partial charge is 0.260 e. The molecule has 7 heteroatoms. The van der Waals surface area contributed by atoms with Crippen LogP contribution in [0.3, 0.4) is 0 Å². The highest BCUT2D eigenvalue weighted by molar-refractivity contribution is 7.22. The molecule has 0 N–H and O–H groups in total. The monoisotopic (exact) mass is 447 g/mol. The minimum Gasteiger partial charge on any atom is -0.486 e. The van der Waals surface area contributed by atoms with Crippen molar-refractivity contribution in [2.24, 2.45) is 0 Å². The first kappa shape index (κ1) is 20.7. The molecule has 5 rings (SSSR count). The van der Waals surface area contributed by atoms with Gasteiger partial charge in [0.2, 0.25) is 0 Å². The van der Waals surface area contributed by atoms with Crippen molar-refractivity contribution in [2.45, 2.75) is 6.42 Å². The van der Waals surface area contributed by atoms with Crippen molar-refractivity contribution < 1.29 is 14.3 Å². The Hall–Kier alpha value is -3.16. The van der Waals surface area contributed by atoms with Crippen LogP contribution in [0.25, 0.3) is 21.0 Å². The predicted molar refractivity (Wildman–Crippen MR) is 129 cm³/mol. The van der Waals surface area contributed by atoms with E-state index < -0.39 is 0 Å². The number of nitrogens with zero attached hydrogens (tertiary/aromatic N) is 3. The number of carbonyl (C=O) groups is 1. The molecule has 0 saturated carbocycles. The summed E-state index contributed by atoms with van der Waals surface area (Å²) in [5, 5.41) is 2.87.